The number of hydrogen-bond acceptors (Lipinski definition) is 3. The summed E-state index contributed by atoms with van der Waals surface area (Å²) in [5.74, 6) is -0.357. The van der Waals surface area contributed by atoms with Gasteiger partial charge >= 0.3 is 0 Å². The molecule has 0 radical (unpaired) electrons. The number of carbonyl (C=O) groups excluding carboxylic acids is 1. The van der Waals surface area contributed by atoms with Crippen LogP contribution >= 0.6 is 0 Å². The van der Waals surface area contributed by atoms with Gasteiger partial charge in [-0.2, -0.15) is 0 Å². The maximum Gasteiger partial charge on any atom is 0.163 e. The maximum absolute atomic E-state index is 13.2. The van der Waals surface area contributed by atoms with Crippen molar-refractivity contribution in [3.05, 3.63) is 35.1 Å². The zero-order chi connectivity index (χ0) is 16.2. The molecular weight excluding hydrogens is 283 g/mol. The normalized spacial score (nSPS) is 18.4. The Hall–Kier alpha value is -1.26. The van der Waals surface area contributed by atoms with Gasteiger partial charge in [-0.25, -0.2) is 4.39 Å². The average molecular weight is 308 g/mol. The van der Waals surface area contributed by atoms with Crippen LogP contribution in [0.5, 0.6) is 0 Å². The smallest absolute Gasteiger partial charge is 0.163 e. The summed E-state index contributed by atoms with van der Waals surface area (Å²) in [6.07, 6.45) is 2.71. The van der Waals surface area contributed by atoms with Crippen LogP contribution in [0.2, 0.25) is 0 Å². The summed E-state index contributed by atoms with van der Waals surface area (Å²) in [6.45, 7) is 7.47. The van der Waals surface area contributed by atoms with Crippen LogP contribution in [0.15, 0.2) is 18.2 Å². The number of ether oxygens (including phenoxy) is 2. The number of hydrogen-bond donors (Lipinski definition) is 0. The Morgan fingerprint density at radius 3 is 2.64 bits per heavy atom. The van der Waals surface area contributed by atoms with Crippen LogP contribution in [0.4, 0.5) is 4.39 Å². The Bertz CT molecular complexity index is 515. The second-order valence-electron chi connectivity index (χ2n) is 6.84. The molecule has 0 atom stereocenters. The Kier molecular flexibility index (Phi) is 5.70. The van der Waals surface area contributed by atoms with Crippen molar-refractivity contribution in [3.63, 3.8) is 0 Å². The van der Waals surface area contributed by atoms with Crippen LogP contribution in [0.1, 0.15) is 55.5 Å². The number of benzene rings is 1. The molecule has 4 heteroatoms. The van der Waals surface area contributed by atoms with E-state index in [1.807, 2.05) is 6.92 Å². The van der Waals surface area contributed by atoms with Crippen LogP contribution in [-0.2, 0) is 9.47 Å². The molecule has 1 saturated heterocycles. The highest BCUT2D eigenvalue weighted by Gasteiger charge is 2.27. The lowest BCUT2D eigenvalue weighted by Crippen LogP contribution is -2.37. The number of unbranched alkanes of at least 4 members (excludes halogenated alkanes) is 1. The van der Waals surface area contributed by atoms with E-state index in [0.717, 1.165) is 24.8 Å². The molecule has 0 aromatic heterocycles. The predicted molar refractivity (Wildman–Crippen MR) is 83.4 cm³/mol. The fourth-order valence-corrected chi connectivity index (χ4v) is 2.52. The van der Waals surface area contributed by atoms with Gasteiger partial charge in [-0.05, 0) is 43.9 Å². The number of halogens is 1. The molecular formula is C18H25FO3. The van der Waals surface area contributed by atoms with Crippen molar-refractivity contribution < 1.29 is 18.7 Å². The van der Waals surface area contributed by atoms with Crippen LogP contribution in [0, 0.1) is 18.2 Å². The van der Waals surface area contributed by atoms with E-state index in [1.165, 1.54) is 12.1 Å². The first-order valence-electron chi connectivity index (χ1n) is 7.90. The molecule has 0 aliphatic carbocycles. The first-order valence-corrected chi connectivity index (χ1v) is 7.90. The van der Waals surface area contributed by atoms with E-state index in [2.05, 4.69) is 13.8 Å². The summed E-state index contributed by atoms with van der Waals surface area (Å²) in [5.41, 5.74) is 1.40. The average Bonchev–Trinajstić information content (AvgIpc) is 2.47. The van der Waals surface area contributed by atoms with E-state index in [4.69, 9.17) is 9.47 Å². The Morgan fingerprint density at radius 1 is 1.27 bits per heavy atom. The number of ketones is 1. The molecule has 122 valence electrons. The van der Waals surface area contributed by atoms with E-state index in [1.54, 1.807) is 6.07 Å². The van der Waals surface area contributed by atoms with Gasteiger partial charge in [0.1, 0.15) is 5.82 Å². The summed E-state index contributed by atoms with van der Waals surface area (Å²) < 4.78 is 24.5. The first kappa shape index (κ1) is 17.1. The highest BCUT2D eigenvalue weighted by atomic mass is 19.1. The number of Topliss-reactive ketones (excluding diaryl/α,β-unsaturated/α-hetero) is 1. The van der Waals surface area contributed by atoms with Gasteiger partial charge in [0.15, 0.2) is 12.1 Å². The quantitative estimate of drug-likeness (QED) is 0.581. The molecule has 0 unspecified atom stereocenters. The Morgan fingerprint density at radius 2 is 1.95 bits per heavy atom. The minimum absolute atomic E-state index is 0.00335. The largest absolute Gasteiger partial charge is 0.352 e. The van der Waals surface area contributed by atoms with Crippen molar-refractivity contribution in [3.8, 4) is 0 Å². The third kappa shape index (κ3) is 4.89. The highest BCUT2D eigenvalue weighted by Crippen LogP contribution is 2.25. The summed E-state index contributed by atoms with van der Waals surface area (Å²) in [5, 5.41) is 0. The summed E-state index contributed by atoms with van der Waals surface area (Å²) in [7, 11) is 0. The zero-order valence-corrected chi connectivity index (χ0v) is 13.7. The molecule has 1 heterocycles. The molecule has 22 heavy (non-hydrogen) atoms. The minimum Gasteiger partial charge on any atom is -0.352 e. The molecule has 0 spiro atoms. The molecule has 0 bridgehead atoms. The molecule has 0 N–H and O–H groups in total. The summed E-state index contributed by atoms with van der Waals surface area (Å²) in [6, 6.07) is 4.35. The topological polar surface area (TPSA) is 35.5 Å². The Balaban J connectivity index is 1.71. The van der Waals surface area contributed by atoms with Gasteiger partial charge in [-0.15, -0.1) is 0 Å². The van der Waals surface area contributed by atoms with Gasteiger partial charge in [0.05, 0.1) is 13.2 Å². The van der Waals surface area contributed by atoms with Crippen LogP contribution < -0.4 is 0 Å². The van der Waals surface area contributed by atoms with Crippen molar-refractivity contribution in [1.29, 1.82) is 0 Å². The molecule has 1 aromatic carbocycles. The highest BCUT2D eigenvalue weighted by molar-refractivity contribution is 5.97. The number of aryl methyl sites for hydroxylation is 1. The fourth-order valence-electron chi connectivity index (χ4n) is 2.52. The van der Waals surface area contributed by atoms with E-state index in [9.17, 15) is 9.18 Å². The van der Waals surface area contributed by atoms with Crippen LogP contribution in [0.3, 0.4) is 0 Å². The molecule has 1 fully saturated rings. The van der Waals surface area contributed by atoms with Crippen LogP contribution in [0.25, 0.3) is 0 Å². The van der Waals surface area contributed by atoms with Crippen molar-refractivity contribution in [2.75, 3.05) is 13.2 Å². The van der Waals surface area contributed by atoms with Gasteiger partial charge in [0, 0.05) is 17.4 Å². The third-order valence-corrected chi connectivity index (χ3v) is 3.91. The van der Waals surface area contributed by atoms with Crippen molar-refractivity contribution in [2.45, 2.75) is 52.7 Å². The Labute approximate surface area is 131 Å². The lowest BCUT2D eigenvalue weighted by molar-refractivity contribution is -0.224. The lowest BCUT2D eigenvalue weighted by atomic mass is 9.95. The molecule has 0 saturated carbocycles. The molecule has 1 aliphatic heterocycles. The fraction of sp³-hybridized carbons (Fsp3) is 0.611. The minimum atomic E-state index is -0.361. The third-order valence-electron chi connectivity index (χ3n) is 3.91. The standard InChI is InChI=1S/C18H25FO3/c1-13-8-9-14(19)10-15(13)16(20)6-4-5-7-17-21-11-18(2,3)12-22-17/h8-10,17H,4-7,11-12H2,1-3H3. The van der Waals surface area contributed by atoms with Gasteiger partial charge in [-0.3, -0.25) is 4.79 Å². The first-order chi connectivity index (χ1) is 10.4. The van der Waals surface area contributed by atoms with E-state index < -0.39 is 0 Å². The van der Waals surface area contributed by atoms with Gasteiger partial charge in [0.2, 0.25) is 0 Å². The number of carbonyl (C=O) groups is 1. The maximum atomic E-state index is 13.2. The van der Waals surface area contributed by atoms with Crippen molar-refractivity contribution in [2.24, 2.45) is 5.41 Å². The zero-order valence-electron chi connectivity index (χ0n) is 13.7. The molecule has 2 rings (SSSR count). The lowest BCUT2D eigenvalue weighted by Gasteiger charge is -2.34. The summed E-state index contributed by atoms with van der Waals surface area (Å²) in [4.78, 5) is 12.1. The second-order valence-corrected chi connectivity index (χ2v) is 6.84. The van der Waals surface area contributed by atoms with Crippen molar-refractivity contribution >= 4 is 5.78 Å². The predicted octanol–water partition coefficient (Wildman–Crippen LogP) is 4.28. The molecule has 3 nitrogen and oxygen atoms in total. The van der Waals surface area contributed by atoms with Gasteiger partial charge < -0.3 is 9.47 Å². The SMILES string of the molecule is Cc1ccc(F)cc1C(=O)CCCCC1OCC(C)(C)CO1. The van der Waals surface area contributed by atoms with E-state index in [-0.39, 0.29) is 23.3 Å². The van der Waals surface area contributed by atoms with Gasteiger partial charge in [0.25, 0.3) is 0 Å². The van der Waals surface area contributed by atoms with Crippen molar-refractivity contribution in [1.82, 2.24) is 0 Å². The van der Waals surface area contributed by atoms with E-state index >= 15 is 0 Å². The molecule has 1 aliphatic rings. The summed E-state index contributed by atoms with van der Waals surface area (Å²) >= 11 is 0. The van der Waals surface area contributed by atoms with E-state index in [0.29, 0.717) is 25.2 Å². The number of rotatable bonds is 6. The molecule has 0 amide bonds. The van der Waals surface area contributed by atoms with Gasteiger partial charge in [-0.1, -0.05) is 19.9 Å². The molecule has 1 aromatic rings. The van der Waals surface area contributed by atoms with Crippen LogP contribution in [-0.4, -0.2) is 25.3 Å². The monoisotopic (exact) mass is 308 g/mol. The second kappa shape index (κ2) is 7.34.